The number of rotatable bonds is 3. The summed E-state index contributed by atoms with van der Waals surface area (Å²) in [5.41, 5.74) is 1.03. The molecule has 19 heavy (non-hydrogen) atoms. The van der Waals surface area contributed by atoms with Gasteiger partial charge in [-0.1, -0.05) is 11.6 Å². The summed E-state index contributed by atoms with van der Waals surface area (Å²) in [7, 11) is 0. The van der Waals surface area contributed by atoms with Crippen molar-refractivity contribution in [2.45, 2.75) is 6.61 Å². The Hall–Kier alpha value is -2.11. The topological polar surface area (TPSA) is 68.4 Å². The van der Waals surface area contributed by atoms with Gasteiger partial charge in [0.05, 0.1) is 11.6 Å². The van der Waals surface area contributed by atoms with Crippen molar-refractivity contribution in [2.75, 3.05) is 0 Å². The normalized spacial score (nSPS) is 10.8. The van der Waals surface area contributed by atoms with Crippen molar-refractivity contribution in [2.24, 2.45) is 0 Å². The number of halogens is 1. The van der Waals surface area contributed by atoms with Gasteiger partial charge >= 0.3 is 6.08 Å². The van der Waals surface area contributed by atoms with Gasteiger partial charge in [-0.05, 0) is 24.3 Å². The number of ether oxygens (including phenoxy) is 1. The summed E-state index contributed by atoms with van der Waals surface area (Å²) in [4.78, 5) is 8.19. The summed E-state index contributed by atoms with van der Waals surface area (Å²) >= 11 is 6.09. The number of fused-ring (bicyclic) bond motifs is 1. The Morgan fingerprint density at radius 1 is 1.32 bits per heavy atom. The summed E-state index contributed by atoms with van der Waals surface area (Å²) in [6.45, 7) is -0.202. The van der Waals surface area contributed by atoms with Gasteiger partial charge in [-0.25, -0.2) is 0 Å². The minimum atomic E-state index is -0.202. The van der Waals surface area contributed by atoms with Gasteiger partial charge in [0, 0.05) is 11.6 Å². The summed E-state index contributed by atoms with van der Waals surface area (Å²) in [5.74, 6) is 0.492. The Kier molecular flexibility index (Phi) is 3.06. The van der Waals surface area contributed by atoms with Crippen LogP contribution in [0.5, 0.6) is 11.8 Å². The fourth-order valence-electron chi connectivity index (χ4n) is 1.70. The maximum absolute atomic E-state index is 8.92. The lowest BCUT2D eigenvalue weighted by atomic mass is 10.2. The van der Waals surface area contributed by atoms with Crippen LogP contribution >= 0.6 is 11.6 Å². The van der Waals surface area contributed by atoms with E-state index in [0.29, 0.717) is 22.0 Å². The molecule has 0 radical (unpaired) electrons. The molecule has 0 aliphatic rings. The first-order chi connectivity index (χ1) is 9.28. The van der Waals surface area contributed by atoms with E-state index in [2.05, 4.69) is 9.97 Å². The molecule has 0 aliphatic carbocycles. The molecule has 0 bridgehead atoms. The number of hydrogen-bond acceptors (Lipinski definition) is 5. The predicted octanol–water partition coefficient (Wildman–Crippen LogP) is 3.16. The molecule has 0 atom stereocenters. The highest BCUT2D eigenvalue weighted by atomic mass is 35.5. The number of aromatic nitrogens is 2. The van der Waals surface area contributed by atoms with Gasteiger partial charge in [0.25, 0.3) is 0 Å². The largest absolute Gasteiger partial charge is 0.417 e. The van der Waals surface area contributed by atoms with Gasteiger partial charge < -0.3 is 14.3 Å². The number of benzene rings is 1. The Labute approximate surface area is 113 Å². The van der Waals surface area contributed by atoms with E-state index < -0.39 is 0 Å². The molecule has 3 rings (SSSR count). The van der Waals surface area contributed by atoms with E-state index in [0.717, 1.165) is 5.39 Å². The first-order valence-electron chi connectivity index (χ1n) is 5.54. The fraction of sp³-hybridized carbons (Fsp3) is 0.0769. The van der Waals surface area contributed by atoms with Crippen molar-refractivity contribution in [3.8, 4) is 11.8 Å². The third kappa shape index (κ3) is 2.25. The van der Waals surface area contributed by atoms with Crippen molar-refractivity contribution >= 4 is 22.5 Å². The van der Waals surface area contributed by atoms with Crippen LogP contribution in [0.1, 0.15) is 5.69 Å². The maximum Gasteiger partial charge on any atom is 0.399 e. The maximum atomic E-state index is 8.92. The Morgan fingerprint density at radius 2 is 2.21 bits per heavy atom. The molecule has 6 heteroatoms. The number of pyridine rings is 1. The lowest BCUT2D eigenvalue weighted by Crippen LogP contribution is -1.89. The molecule has 2 aromatic heterocycles. The molecule has 1 aromatic carbocycles. The quantitative estimate of drug-likeness (QED) is 0.796. The van der Waals surface area contributed by atoms with Crippen molar-refractivity contribution in [3.05, 3.63) is 47.4 Å². The van der Waals surface area contributed by atoms with E-state index in [1.54, 1.807) is 24.4 Å². The average molecular weight is 277 g/mol. The molecule has 3 aromatic rings. The van der Waals surface area contributed by atoms with Crippen molar-refractivity contribution in [1.29, 1.82) is 0 Å². The summed E-state index contributed by atoms with van der Waals surface area (Å²) in [5, 5.41) is 10.3. The van der Waals surface area contributed by atoms with E-state index in [4.69, 9.17) is 25.9 Å². The molecule has 0 saturated carbocycles. The number of nitrogens with zero attached hydrogens (tertiary/aromatic N) is 2. The first kappa shape index (κ1) is 12.0. The second kappa shape index (κ2) is 4.87. The third-order valence-electron chi connectivity index (χ3n) is 2.57. The average Bonchev–Trinajstić information content (AvgIpc) is 2.90. The molecular weight excluding hydrogens is 268 g/mol. The molecule has 96 valence electrons. The smallest absolute Gasteiger partial charge is 0.399 e. The SMILES string of the molecule is OCc1coc(Oc2ccc(Cl)c3cccnc23)n1. The van der Waals surface area contributed by atoms with Gasteiger partial charge in [-0.15, -0.1) is 0 Å². The van der Waals surface area contributed by atoms with E-state index in [1.807, 2.05) is 6.07 Å². The van der Waals surface area contributed by atoms with Gasteiger partial charge in [-0.3, -0.25) is 4.98 Å². The molecule has 5 nitrogen and oxygen atoms in total. The Bertz CT molecular complexity index is 727. The van der Waals surface area contributed by atoms with E-state index in [-0.39, 0.29) is 12.7 Å². The van der Waals surface area contributed by atoms with E-state index in [9.17, 15) is 0 Å². The summed E-state index contributed by atoms with van der Waals surface area (Å²) in [6.07, 6.45) is 3.04. The highest BCUT2D eigenvalue weighted by molar-refractivity contribution is 6.35. The van der Waals surface area contributed by atoms with Gasteiger partial charge in [0.2, 0.25) is 0 Å². The van der Waals surface area contributed by atoms with E-state index in [1.165, 1.54) is 6.26 Å². The molecule has 0 unspecified atom stereocenters. The minimum absolute atomic E-state index is 0.0540. The zero-order valence-corrected chi connectivity index (χ0v) is 10.5. The standard InChI is InChI=1S/C13H9ClN2O3/c14-10-3-4-11(12-9(10)2-1-5-15-12)19-13-16-8(6-17)7-18-13/h1-5,7,17H,6H2. The van der Waals surface area contributed by atoms with Crippen LogP contribution in [-0.2, 0) is 6.61 Å². The lowest BCUT2D eigenvalue weighted by Gasteiger charge is -2.05. The minimum Gasteiger partial charge on any atom is -0.417 e. The molecule has 0 spiro atoms. The lowest BCUT2D eigenvalue weighted by molar-refractivity contribution is 0.276. The summed E-state index contributed by atoms with van der Waals surface area (Å²) < 4.78 is 10.6. The second-order valence-electron chi connectivity index (χ2n) is 3.81. The van der Waals surface area contributed by atoms with Crippen LogP contribution in [0, 0.1) is 0 Å². The summed E-state index contributed by atoms with van der Waals surface area (Å²) in [6, 6.07) is 7.07. The van der Waals surface area contributed by atoms with Gasteiger partial charge in [-0.2, -0.15) is 4.98 Å². The number of hydrogen-bond donors (Lipinski definition) is 1. The van der Waals surface area contributed by atoms with Crippen molar-refractivity contribution in [1.82, 2.24) is 9.97 Å². The molecular formula is C13H9ClN2O3. The van der Waals surface area contributed by atoms with Crippen LogP contribution in [0.2, 0.25) is 5.02 Å². The molecule has 0 saturated heterocycles. The zero-order valence-electron chi connectivity index (χ0n) is 9.71. The number of aliphatic hydroxyl groups excluding tert-OH is 1. The van der Waals surface area contributed by atoms with Crippen molar-refractivity contribution in [3.63, 3.8) is 0 Å². The van der Waals surface area contributed by atoms with Gasteiger partial charge in [0.1, 0.15) is 17.5 Å². The second-order valence-corrected chi connectivity index (χ2v) is 4.22. The predicted molar refractivity (Wildman–Crippen MR) is 69.3 cm³/mol. The van der Waals surface area contributed by atoms with Crippen LogP contribution in [0.15, 0.2) is 41.1 Å². The van der Waals surface area contributed by atoms with Crippen LogP contribution in [0.3, 0.4) is 0 Å². The third-order valence-corrected chi connectivity index (χ3v) is 2.90. The molecule has 0 fully saturated rings. The number of oxazole rings is 1. The van der Waals surface area contributed by atoms with Crippen LogP contribution < -0.4 is 4.74 Å². The highest BCUT2D eigenvalue weighted by Crippen LogP contribution is 2.32. The molecule has 0 aliphatic heterocycles. The van der Waals surface area contributed by atoms with Gasteiger partial charge in [0.15, 0.2) is 5.75 Å². The van der Waals surface area contributed by atoms with Crippen LogP contribution in [0.4, 0.5) is 0 Å². The van der Waals surface area contributed by atoms with Crippen LogP contribution in [0.25, 0.3) is 10.9 Å². The van der Waals surface area contributed by atoms with E-state index >= 15 is 0 Å². The fourth-order valence-corrected chi connectivity index (χ4v) is 1.91. The molecule has 2 heterocycles. The highest BCUT2D eigenvalue weighted by Gasteiger charge is 2.11. The van der Waals surface area contributed by atoms with Crippen LogP contribution in [-0.4, -0.2) is 15.1 Å². The Morgan fingerprint density at radius 3 is 3.00 bits per heavy atom. The zero-order chi connectivity index (χ0) is 13.2. The molecule has 0 amide bonds. The molecule has 1 N–H and O–H groups in total. The monoisotopic (exact) mass is 276 g/mol. The Balaban J connectivity index is 2.03. The first-order valence-corrected chi connectivity index (χ1v) is 5.92. The number of aliphatic hydroxyl groups is 1. The van der Waals surface area contributed by atoms with Crippen molar-refractivity contribution < 1.29 is 14.3 Å².